The van der Waals surface area contributed by atoms with Crippen molar-refractivity contribution in [3.8, 4) is 6.07 Å². The third-order valence-electron chi connectivity index (χ3n) is 1.99. The molecule has 1 aromatic carbocycles. The van der Waals surface area contributed by atoms with Crippen LogP contribution < -0.4 is 4.90 Å². The summed E-state index contributed by atoms with van der Waals surface area (Å²) in [7, 11) is 3.98. The molecule has 0 aliphatic rings. The molecule has 1 aromatic rings. The van der Waals surface area contributed by atoms with Crippen LogP contribution in [0.3, 0.4) is 0 Å². The predicted octanol–water partition coefficient (Wildman–Crippen LogP) is 2.13. The van der Waals surface area contributed by atoms with Gasteiger partial charge in [-0.2, -0.15) is 5.26 Å². The van der Waals surface area contributed by atoms with Crippen LogP contribution >= 0.6 is 0 Å². The Bertz CT molecular complexity index is 334. The first kappa shape index (κ1) is 9.60. The molecule has 2 heteroatoms. The van der Waals surface area contributed by atoms with Gasteiger partial charge in [0.2, 0.25) is 0 Å². The zero-order chi connectivity index (χ0) is 9.84. The van der Waals surface area contributed by atoms with E-state index in [4.69, 9.17) is 5.26 Å². The van der Waals surface area contributed by atoms with E-state index in [0.29, 0.717) is 6.42 Å². The number of rotatable bonds is 2. The van der Waals surface area contributed by atoms with Gasteiger partial charge in [-0.15, -0.1) is 0 Å². The fraction of sp³-hybridized carbons (Fsp3) is 0.364. The lowest BCUT2D eigenvalue weighted by Crippen LogP contribution is -2.11. The number of hydrogen-bond acceptors (Lipinski definition) is 2. The summed E-state index contributed by atoms with van der Waals surface area (Å²) in [4.78, 5) is 2.03. The van der Waals surface area contributed by atoms with Gasteiger partial charge in [-0.3, -0.25) is 0 Å². The maximum absolute atomic E-state index is 8.65. The number of anilines is 1. The van der Waals surface area contributed by atoms with Crippen LogP contribution in [0.5, 0.6) is 0 Å². The minimum atomic E-state index is 0.481. The van der Waals surface area contributed by atoms with E-state index in [-0.39, 0.29) is 0 Å². The molecular weight excluding hydrogens is 160 g/mol. The van der Waals surface area contributed by atoms with Crippen LogP contribution in [0, 0.1) is 18.3 Å². The van der Waals surface area contributed by atoms with Crippen LogP contribution in [-0.4, -0.2) is 14.1 Å². The third-order valence-corrected chi connectivity index (χ3v) is 1.99. The highest BCUT2D eigenvalue weighted by molar-refractivity contribution is 5.54. The number of benzene rings is 1. The van der Waals surface area contributed by atoms with Gasteiger partial charge in [0, 0.05) is 19.8 Å². The van der Waals surface area contributed by atoms with E-state index in [1.54, 1.807) is 0 Å². The molecule has 0 saturated heterocycles. The standard InChI is InChI=1S/C11H14N2/c1-9-4-5-11(13(2)3)10(8-9)6-7-12/h4-5,8H,6H2,1-3H3. The highest BCUT2D eigenvalue weighted by Crippen LogP contribution is 2.19. The number of hydrogen-bond donors (Lipinski definition) is 0. The van der Waals surface area contributed by atoms with Gasteiger partial charge in [0.1, 0.15) is 0 Å². The van der Waals surface area contributed by atoms with Crippen molar-refractivity contribution in [2.75, 3.05) is 19.0 Å². The second-order valence-electron chi connectivity index (χ2n) is 3.36. The molecule has 0 heterocycles. The molecule has 68 valence electrons. The topological polar surface area (TPSA) is 27.0 Å². The van der Waals surface area contributed by atoms with Gasteiger partial charge in [-0.05, 0) is 18.6 Å². The van der Waals surface area contributed by atoms with E-state index in [9.17, 15) is 0 Å². The quantitative estimate of drug-likeness (QED) is 0.686. The number of nitrogens with zero attached hydrogens (tertiary/aromatic N) is 2. The summed E-state index contributed by atoms with van der Waals surface area (Å²) < 4.78 is 0. The second-order valence-corrected chi connectivity index (χ2v) is 3.36. The van der Waals surface area contributed by atoms with Crippen LogP contribution in [0.25, 0.3) is 0 Å². The van der Waals surface area contributed by atoms with Gasteiger partial charge in [-0.1, -0.05) is 17.7 Å². The molecule has 0 bridgehead atoms. The first-order chi connectivity index (χ1) is 6.15. The van der Waals surface area contributed by atoms with Gasteiger partial charge >= 0.3 is 0 Å². The Hall–Kier alpha value is -1.49. The monoisotopic (exact) mass is 174 g/mol. The molecule has 0 unspecified atom stereocenters. The summed E-state index contributed by atoms with van der Waals surface area (Å²) in [5.74, 6) is 0. The van der Waals surface area contributed by atoms with E-state index in [1.165, 1.54) is 5.56 Å². The van der Waals surface area contributed by atoms with Gasteiger partial charge in [-0.25, -0.2) is 0 Å². The molecule has 0 atom stereocenters. The van der Waals surface area contributed by atoms with Crippen molar-refractivity contribution in [1.82, 2.24) is 0 Å². The number of nitriles is 1. The van der Waals surface area contributed by atoms with E-state index >= 15 is 0 Å². The van der Waals surface area contributed by atoms with Crippen molar-refractivity contribution in [3.05, 3.63) is 29.3 Å². The maximum Gasteiger partial charge on any atom is 0.0670 e. The molecule has 0 aliphatic heterocycles. The van der Waals surface area contributed by atoms with E-state index in [0.717, 1.165) is 11.3 Å². The van der Waals surface area contributed by atoms with Crippen molar-refractivity contribution in [2.24, 2.45) is 0 Å². The molecule has 0 spiro atoms. The predicted molar refractivity (Wildman–Crippen MR) is 54.8 cm³/mol. The summed E-state index contributed by atoms with van der Waals surface area (Å²) in [6.07, 6.45) is 0.481. The SMILES string of the molecule is Cc1ccc(N(C)C)c(CC#N)c1. The largest absolute Gasteiger partial charge is 0.377 e. The molecule has 13 heavy (non-hydrogen) atoms. The van der Waals surface area contributed by atoms with Gasteiger partial charge in [0.05, 0.1) is 12.5 Å². The lowest BCUT2D eigenvalue weighted by molar-refractivity contribution is 1.09. The average molecular weight is 174 g/mol. The minimum Gasteiger partial charge on any atom is -0.377 e. The van der Waals surface area contributed by atoms with Crippen molar-refractivity contribution in [1.29, 1.82) is 5.26 Å². The summed E-state index contributed by atoms with van der Waals surface area (Å²) in [5.41, 5.74) is 3.44. The van der Waals surface area contributed by atoms with E-state index < -0.39 is 0 Å². The third kappa shape index (κ3) is 2.22. The van der Waals surface area contributed by atoms with Crippen LogP contribution in [-0.2, 0) is 6.42 Å². The van der Waals surface area contributed by atoms with Crippen LogP contribution in [0.4, 0.5) is 5.69 Å². The molecule has 0 aromatic heterocycles. The fourth-order valence-electron chi connectivity index (χ4n) is 1.38. The highest BCUT2D eigenvalue weighted by Gasteiger charge is 2.03. The Morgan fingerprint density at radius 2 is 2.08 bits per heavy atom. The molecular formula is C11H14N2. The first-order valence-corrected chi connectivity index (χ1v) is 4.29. The zero-order valence-corrected chi connectivity index (χ0v) is 8.33. The Morgan fingerprint density at radius 1 is 1.38 bits per heavy atom. The zero-order valence-electron chi connectivity index (χ0n) is 8.33. The summed E-state index contributed by atoms with van der Waals surface area (Å²) in [5, 5.41) is 8.65. The molecule has 0 fully saturated rings. The fourth-order valence-corrected chi connectivity index (χ4v) is 1.38. The highest BCUT2D eigenvalue weighted by atomic mass is 15.1. The lowest BCUT2D eigenvalue weighted by Gasteiger charge is -2.16. The molecule has 0 amide bonds. The summed E-state index contributed by atoms with van der Waals surface area (Å²) >= 11 is 0. The van der Waals surface area contributed by atoms with Crippen molar-refractivity contribution in [3.63, 3.8) is 0 Å². The van der Waals surface area contributed by atoms with Crippen molar-refractivity contribution in [2.45, 2.75) is 13.3 Å². The van der Waals surface area contributed by atoms with Crippen LogP contribution in [0.1, 0.15) is 11.1 Å². The Balaban J connectivity index is 3.12. The molecule has 0 N–H and O–H groups in total. The second kappa shape index (κ2) is 3.95. The molecule has 0 aliphatic carbocycles. The normalized spacial score (nSPS) is 9.38. The summed E-state index contributed by atoms with van der Waals surface area (Å²) in [6, 6.07) is 8.37. The lowest BCUT2D eigenvalue weighted by atomic mass is 10.1. The Morgan fingerprint density at radius 3 is 2.62 bits per heavy atom. The Labute approximate surface area is 79.4 Å². The first-order valence-electron chi connectivity index (χ1n) is 4.29. The molecule has 0 radical (unpaired) electrons. The number of aryl methyl sites for hydroxylation is 1. The van der Waals surface area contributed by atoms with E-state index in [2.05, 4.69) is 24.3 Å². The Kier molecular flexibility index (Phi) is 2.92. The molecule has 2 nitrogen and oxygen atoms in total. The van der Waals surface area contributed by atoms with Gasteiger partial charge < -0.3 is 4.90 Å². The summed E-state index contributed by atoms with van der Waals surface area (Å²) in [6.45, 7) is 2.04. The van der Waals surface area contributed by atoms with Gasteiger partial charge in [0.25, 0.3) is 0 Å². The van der Waals surface area contributed by atoms with E-state index in [1.807, 2.05) is 25.9 Å². The maximum atomic E-state index is 8.65. The van der Waals surface area contributed by atoms with Gasteiger partial charge in [0.15, 0.2) is 0 Å². The van der Waals surface area contributed by atoms with Crippen LogP contribution in [0.2, 0.25) is 0 Å². The molecule has 0 saturated carbocycles. The van der Waals surface area contributed by atoms with Crippen molar-refractivity contribution < 1.29 is 0 Å². The molecule has 1 rings (SSSR count). The van der Waals surface area contributed by atoms with Crippen molar-refractivity contribution >= 4 is 5.69 Å². The van der Waals surface area contributed by atoms with Crippen LogP contribution in [0.15, 0.2) is 18.2 Å². The average Bonchev–Trinajstić information content (AvgIpc) is 2.04. The smallest absolute Gasteiger partial charge is 0.0670 e. The minimum absolute atomic E-state index is 0.481.